The van der Waals surface area contributed by atoms with Gasteiger partial charge < -0.3 is 4.42 Å². The molecular weight excluding hydrogens is 379 g/mol. The minimum atomic E-state index is -0.268. The molecule has 0 unspecified atom stereocenters. The average molecular weight is 393 g/mol. The van der Waals surface area contributed by atoms with Gasteiger partial charge in [-0.25, -0.2) is 4.98 Å². The van der Waals surface area contributed by atoms with Gasteiger partial charge in [-0.05, 0) is 48.9 Å². The lowest BCUT2D eigenvalue weighted by molar-refractivity contribution is -0.111. The molecule has 0 aliphatic rings. The number of thiazole rings is 1. The third kappa shape index (κ3) is 4.95. The molecule has 0 saturated carbocycles. The van der Waals surface area contributed by atoms with E-state index in [1.165, 1.54) is 17.4 Å². The quantitative estimate of drug-likeness (QED) is 0.575. The van der Waals surface area contributed by atoms with E-state index in [1.807, 2.05) is 19.1 Å². The Morgan fingerprint density at radius 1 is 1.32 bits per heavy atom. The smallest absolute Gasteiger partial charge is 0.250 e. The number of rotatable bonds is 5. The van der Waals surface area contributed by atoms with E-state index in [9.17, 15) is 4.79 Å². The van der Waals surface area contributed by atoms with Crippen molar-refractivity contribution >= 4 is 51.7 Å². The van der Waals surface area contributed by atoms with Gasteiger partial charge in [0.1, 0.15) is 11.5 Å². The van der Waals surface area contributed by atoms with Gasteiger partial charge in [0, 0.05) is 33.6 Å². The summed E-state index contributed by atoms with van der Waals surface area (Å²) in [5, 5.41) is 4.55. The number of furan rings is 1. The van der Waals surface area contributed by atoms with Gasteiger partial charge in [-0.15, -0.1) is 11.3 Å². The molecule has 0 aliphatic carbocycles. The predicted octanol–water partition coefficient (Wildman–Crippen LogP) is 5.59. The van der Waals surface area contributed by atoms with Crippen LogP contribution in [-0.2, 0) is 11.2 Å². The molecule has 2 heterocycles. The Hall–Kier alpha value is -2.08. The molecule has 4 nitrogen and oxygen atoms in total. The lowest BCUT2D eigenvalue weighted by Gasteiger charge is -2.02. The number of carbonyl (C=O) groups excluding carboxylic acids is 1. The van der Waals surface area contributed by atoms with Crippen LogP contribution in [0.2, 0.25) is 10.0 Å². The van der Waals surface area contributed by atoms with Crippen molar-refractivity contribution in [2.75, 3.05) is 5.32 Å². The monoisotopic (exact) mass is 392 g/mol. The van der Waals surface area contributed by atoms with Crippen LogP contribution in [0.4, 0.5) is 5.13 Å². The van der Waals surface area contributed by atoms with Crippen molar-refractivity contribution in [1.82, 2.24) is 4.98 Å². The van der Waals surface area contributed by atoms with Crippen LogP contribution in [-0.4, -0.2) is 10.9 Å². The number of nitrogens with one attached hydrogen (secondary N) is 1. The summed E-state index contributed by atoms with van der Waals surface area (Å²) >= 11 is 13.6. The maximum Gasteiger partial charge on any atom is 0.250 e. The van der Waals surface area contributed by atoms with E-state index < -0.39 is 0 Å². The maximum atomic E-state index is 11.9. The number of aryl methyl sites for hydroxylation is 1. The van der Waals surface area contributed by atoms with E-state index in [2.05, 4.69) is 10.3 Å². The number of anilines is 1. The number of benzene rings is 1. The zero-order valence-electron chi connectivity index (χ0n) is 13.3. The molecule has 1 aromatic carbocycles. The Balaban J connectivity index is 1.62. The summed E-state index contributed by atoms with van der Waals surface area (Å²) in [6, 6.07) is 8.99. The third-order valence-corrected chi connectivity index (χ3v) is 4.83. The van der Waals surface area contributed by atoms with E-state index in [-0.39, 0.29) is 5.91 Å². The van der Waals surface area contributed by atoms with E-state index in [1.54, 1.807) is 30.5 Å². The summed E-state index contributed by atoms with van der Waals surface area (Å²) in [4.78, 5) is 17.1. The molecule has 0 spiro atoms. The van der Waals surface area contributed by atoms with Crippen molar-refractivity contribution < 1.29 is 9.21 Å². The fraction of sp³-hybridized carbons (Fsp3) is 0.111. The minimum absolute atomic E-state index is 0.268. The van der Waals surface area contributed by atoms with Crippen LogP contribution >= 0.6 is 34.5 Å². The van der Waals surface area contributed by atoms with Gasteiger partial charge in [0.2, 0.25) is 5.91 Å². The highest BCUT2D eigenvalue weighted by molar-refractivity contribution is 7.15. The van der Waals surface area contributed by atoms with E-state index in [0.717, 1.165) is 16.2 Å². The van der Waals surface area contributed by atoms with Crippen molar-refractivity contribution in [2.45, 2.75) is 13.3 Å². The summed E-state index contributed by atoms with van der Waals surface area (Å²) < 4.78 is 5.37. The van der Waals surface area contributed by atoms with Gasteiger partial charge in [-0.1, -0.05) is 23.2 Å². The zero-order chi connectivity index (χ0) is 17.8. The van der Waals surface area contributed by atoms with Crippen LogP contribution in [0.1, 0.15) is 22.0 Å². The average Bonchev–Trinajstić information content (AvgIpc) is 3.18. The highest BCUT2D eigenvalue weighted by Crippen LogP contribution is 2.27. The first kappa shape index (κ1) is 17.7. The Morgan fingerprint density at radius 2 is 2.16 bits per heavy atom. The molecule has 1 amide bonds. The second-order valence-corrected chi connectivity index (χ2v) is 7.27. The van der Waals surface area contributed by atoms with E-state index in [4.69, 9.17) is 27.6 Å². The molecule has 1 N–H and O–H groups in total. The van der Waals surface area contributed by atoms with Crippen LogP contribution < -0.4 is 5.32 Å². The first-order valence-corrected chi connectivity index (χ1v) is 9.01. The molecule has 128 valence electrons. The Labute approximate surface area is 159 Å². The van der Waals surface area contributed by atoms with Gasteiger partial charge in [0.05, 0.1) is 0 Å². The second kappa shape index (κ2) is 7.87. The molecule has 0 bridgehead atoms. The summed E-state index contributed by atoms with van der Waals surface area (Å²) in [5.41, 5.74) is 0.920. The molecule has 0 atom stereocenters. The molecule has 0 aliphatic heterocycles. The number of carbonyl (C=O) groups is 1. The summed E-state index contributed by atoms with van der Waals surface area (Å²) in [6.07, 6.45) is 5.35. The van der Waals surface area contributed by atoms with E-state index >= 15 is 0 Å². The molecule has 0 fully saturated rings. The fourth-order valence-electron chi connectivity index (χ4n) is 2.16. The van der Waals surface area contributed by atoms with Crippen LogP contribution in [0.5, 0.6) is 0 Å². The number of amides is 1. The first-order valence-electron chi connectivity index (χ1n) is 7.44. The van der Waals surface area contributed by atoms with Crippen LogP contribution in [0.15, 0.2) is 47.0 Å². The lowest BCUT2D eigenvalue weighted by Crippen LogP contribution is -2.06. The van der Waals surface area contributed by atoms with Crippen molar-refractivity contribution in [3.8, 4) is 0 Å². The van der Waals surface area contributed by atoms with Crippen LogP contribution in [0, 0.1) is 6.92 Å². The number of aromatic nitrogens is 1. The van der Waals surface area contributed by atoms with Gasteiger partial charge in [0.15, 0.2) is 5.13 Å². The van der Waals surface area contributed by atoms with Gasteiger partial charge in [-0.2, -0.15) is 0 Å². The Kier molecular flexibility index (Phi) is 5.58. The Morgan fingerprint density at radius 3 is 2.92 bits per heavy atom. The summed E-state index contributed by atoms with van der Waals surface area (Å²) in [6.45, 7) is 1.85. The third-order valence-electron chi connectivity index (χ3n) is 3.32. The largest absolute Gasteiger partial charge is 0.462 e. The molecule has 2 aromatic heterocycles. The van der Waals surface area contributed by atoms with Crippen LogP contribution in [0.3, 0.4) is 0 Å². The summed E-state index contributed by atoms with van der Waals surface area (Å²) in [5.74, 6) is 1.16. The molecule has 0 radical (unpaired) electrons. The molecule has 7 heteroatoms. The predicted molar refractivity (Wildman–Crippen MR) is 102 cm³/mol. The summed E-state index contributed by atoms with van der Waals surface area (Å²) in [7, 11) is 0. The Bertz CT molecular complexity index is 931. The van der Waals surface area contributed by atoms with Crippen molar-refractivity contribution in [1.29, 1.82) is 0 Å². The van der Waals surface area contributed by atoms with Gasteiger partial charge in [-0.3, -0.25) is 10.1 Å². The molecular formula is C18H14Cl2N2O2S. The van der Waals surface area contributed by atoms with Gasteiger partial charge >= 0.3 is 0 Å². The normalized spacial score (nSPS) is 11.2. The maximum absolute atomic E-state index is 11.9. The standard InChI is InChI=1S/C18H14Cl2N2O2S/c1-11-2-4-14(24-11)5-7-17(23)22-18-21-10-15(25-18)9-12-8-13(19)3-6-16(12)20/h2-8,10H,9H2,1H3,(H,21,22,23)/b7-5+. The number of nitrogens with zero attached hydrogens (tertiary/aromatic N) is 1. The van der Waals surface area contributed by atoms with E-state index in [0.29, 0.717) is 27.4 Å². The fourth-order valence-corrected chi connectivity index (χ4v) is 3.38. The molecule has 3 aromatic rings. The SMILES string of the molecule is Cc1ccc(/C=C/C(=O)Nc2ncc(Cc3cc(Cl)ccc3Cl)s2)o1. The topological polar surface area (TPSA) is 55.1 Å². The lowest BCUT2D eigenvalue weighted by atomic mass is 10.1. The van der Waals surface area contributed by atoms with Gasteiger partial charge in [0.25, 0.3) is 0 Å². The highest BCUT2D eigenvalue weighted by Gasteiger charge is 2.08. The highest BCUT2D eigenvalue weighted by atomic mass is 35.5. The molecule has 3 rings (SSSR count). The number of hydrogen-bond donors (Lipinski definition) is 1. The van der Waals surface area contributed by atoms with Crippen molar-refractivity contribution in [2.24, 2.45) is 0 Å². The first-order chi connectivity index (χ1) is 12.0. The molecule has 0 saturated heterocycles. The molecule has 25 heavy (non-hydrogen) atoms. The number of hydrogen-bond acceptors (Lipinski definition) is 4. The minimum Gasteiger partial charge on any atom is -0.462 e. The second-order valence-electron chi connectivity index (χ2n) is 5.32. The zero-order valence-corrected chi connectivity index (χ0v) is 15.6. The number of halogens is 2. The van der Waals surface area contributed by atoms with Crippen LogP contribution in [0.25, 0.3) is 6.08 Å². The van der Waals surface area contributed by atoms with Crippen molar-refractivity contribution in [3.63, 3.8) is 0 Å². The van der Waals surface area contributed by atoms with Crippen molar-refractivity contribution in [3.05, 3.63) is 74.6 Å².